The Bertz CT molecular complexity index is 443. The van der Waals surface area contributed by atoms with Crippen LogP contribution in [0.4, 0.5) is 0 Å². The molecule has 0 atom stereocenters. The van der Waals surface area contributed by atoms with Crippen LogP contribution in [0.3, 0.4) is 0 Å². The molecule has 0 heterocycles. The van der Waals surface area contributed by atoms with Gasteiger partial charge in [0, 0.05) is 17.0 Å². The summed E-state index contributed by atoms with van der Waals surface area (Å²) in [5, 5.41) is 0. The minimum Gasteiger partial charge on any atom is -0.493 e. The molecule has 0 fully saturated rings. The summed E-state index contributed by atoms with van der Waals surface area (Å²) in [7, 11) is 1.43. The highest BCUT2D eigenvalue weighted by Gasteiger charge is 2.18. The SMILES string of the molecule is COc1cc(C=O)c(Br)c(Br)c1OC(C)=O. The van der Waals surface area contributed by atoms with Crippen LogP contribution >= 0.6 is 31.9 Å². The summed E-state index contributed by atoms with van der Waals surface area (Å²) in [6.45, 7) is 1.29. The fraction of sp³-hybridized carbons (Fsp3) is 0.200. The molecule has 0 bridgehead atoms. The van der Waals surface area contributed by atoms with E-state index in [1.807, 2.05) is 0 Å². The van der Waals surface area contributed by atoms with Gasteiger partial charge in [-0.2, -0.15) is 0 Å². The van der Waals surface area contributed by atoms with Crippen LogP contribution in [0.15, 0.2) is 15.0 Å². The third-order valence-corrected chi connectivity index (χ3v) is 3.89. The predicted octanol–water partition coefficient (Wildman–Crippen LogP) is 2.96. The van der Waals surface area contributed by atoms with Crippen molar-refractivity contribution in [1.29, 1.82) is 0 Å². The van der Waals surface area contributed by atoms with Gasteiger partial charge in [0.05, 0.1) is 11.6 Å². The maximum atomic E-state index is 10.9. The monoisotopic (exact) mass is 350 g/mol. The van der Waals surface area contributed by atoms with Gasteiger partial charge in [-0.3, -0.25) is 9.59 Å². The maximum absolute atomic E-state index is 10.9. The van der Waals surface area contributed by atoms with Crippen LogP contribution in [0.25, 0.3) is 0 Å². The van der Waals surface area contributed by atoms with Gasteiger partial charge in [0.15, 0.2) is 17.8 Å². The number of ether oxygens (including phenoxy) is 2. The second-order valence-electron chi connectivity index (χ2n) is 2.84. The molecule has 4 nitrogen and oxygen atoms in total. The molecule has 0 spiro atoms. The Morgan fingerprint density at radius 3 is 2.44 bits per heavy atom. The highest BCUT2D eigenvalue weighted by atomic mass is 79.9. The van der Waals surface area contributed by atoms with Gasteiger partial charge < -0.3 is 9.47 Å². The van der Waals surface area contributed by atoms with Gasteiger partial charge in [-0.05, 0) is 37.9 Å². The van der Waals surface area contributed by atoms with Crippen LogP contribution in [0, 0.1) is 0 Å². The Kier molecular flexibility index (Phi) is 4.49. The number of hydrogen-bond donors (Lipinski definition) is 0. The van der Waals surface area contributed by atoms with Gasteiger partial charge in [-0.1, -0.05) is 0 Å². The number of benzene rings is 1. The summed E-state index contributed by atoms with van der Waals surface area (Å²) in [6.07, 6.45) is 0.676. The van der Waals surface area contributed by atoms with E-state index in [2.05, 4.69) is 31.9 Å². The molecule has 1 aromatic rings. The molecule has 0 aromatic heterocycles. The molecule has 0 aliphatic carbocycles. The lowest BCUT2D eigenvalue weighted by atomic mass is 10.2. The average Bonchev–Trinajstić information content (AvgIpc) is 2.25. The van der Waals surface area contributed by atoms with Crippen molar-refractivity contribution in [2.24, 2.45) is 0 Å². The van der Waals surface area contributed by atoms with Crippen molar-refractivity contribution in [2.45, 2.75) is 6.92 Å². The molecule has 1 rings (SSSR count). The van der Waals surface area contributed by atoms with Crippen molar-refractivity contribution in [3.05, 3.63) is 20.6 Å². The molecule has 86 valence electrons. The number of carbonyl (C=O) groups excluding carboxylic acids is 2. The van der Waals surface area contributed by atoms with Crippen LogP contribution in [0.1, 0.15) is 17.3 Å². The molecule has 0 unspecified atom stereocenters. The van der Waals surface area contributed by atoms with Gasteiger partial charge in [0.1, 0.15) is 0 Å². The fourth-order valence-electron chi connectivity index (χ4n) is 1.08. The smallest absolute Gasteiger partial charge is 0.308 e. The van der Waals surface area contributed by atoms with Gasteiger partial charge in [0.2, 0.25) is 0 Å². The van der Waals surface area contributed by atoms with Crippen molar-refractivity contribution >= 4 is 44.1 Å². The van der Waals surface area contributed by atoms with Crippen LogP contribution < -0.4 is 9.47 Å². The Hall–Kier alpha value is -0.880. The number of carbonyl (C=O) groups is 2. The normalized spacial score (nSPS) is 9.75. The lowest BCUT2D eigenvalue weighted by Crippen LogP contribution is -2.05. The standard InChI is InChI=1S/C10H8Br2O4/c1-5(14)16-10-7(15-2)3-6(4-13)8(11)9(10)12/h3-4H,1-2H3. The summed E-state index contributed by atoms with van der Waals surface area (Å²) in [5.74, 6) is 0.0876. The highest BCUT2D eigenvalue weighted by Crippen LogP contribution is 2.42. The largest absolute Gasteiger partial charge is 0.493 e. The quantitative estimate of drug-likeness (QED) is 0.477. The topological polar surface area (TPSA) is 52.6 Å². The zero-order chi connectivity index (χ0) is 12.3. The molecular weight excluding hydrogens is 344 g/mol. The number of hydrogen-bond acceptors (Lipinski definition) is 4. The van der Waals surface area contributed by atoms with E-state index in [9.17, 15) is 9.59 Å². The predicted molar refractivity (Wildman–Crippen MR) is 65.1 cm³/mol. The van der Waals surface area contributed by atoms with Crippen LogP contribution in [-0.2, 0) is 4.79 Å². The Morgan fingerprint density at radius 2 is 2.00 bits per heavy atom. The summed E-state index contributed by atoms with van der Waals surface area (Å²) in [6, 6.07) is 1.49. The van der Waals surface area contributed by atoms with E-state index in [1.165, 1.54) is 20.1 Å². The molecule has 16 heavy (non-hydrogen) atoms. The zero-order valence-electron chi connectivity index (χ0n) is 8.54. The first-order valence-corrected chi connectivity index (χ1v) is 5.79. The molecule has 0 amide bonds. The second kappa shape index (κ2) is 5.45. The van der Waals surface area contributed by atoms with Gasteiger partial charge >= 0.3 is 5.97 Å². The Balaban J connectivity index is 3.40. The average molecular weight is 352 g/mol. The molecule has 0 aliphatic rings. The van der Waals surface area contributed by atoms with Crippen molar-refractivity contribution in [1.82, 2.24) is 0 Å². The van der Waals surface area contributed by atoms with E-state index in [1.54, 1.807) is 0 Å². The molecule has 0 aliphatic heterocycles. The maximum Gasteiger partial charge on any atom is 0.308 e. The minimum absolute atomic E-state index is 0.243. The van der Waals surface area contributed by atoms with E-state index in [0.717, 1.165) is 0 Å². The first-order chi connectivity index (χ1) is 7.51. The molecule has 0 N–H and O–H groups in total. The molecule has 0 saturated carbocycles. The van der Waals surface area contributed by atoms with E-state index < -0.39 is 5.97 Å². The minimum atomic E-state index is -0.468. The van der Waals surface area contributed by atoms with Gasteiger partial charge in [-0.15, -0.1) is 0 Å². The number of halogens is 2. The van der Waals surface area contributed by atoms with Crippen LogP contribution in [0.2, 0.25) is 0 Å². The number of esters is 1. The fourth-order valence-corrected chi connectivity index (χ4v) is 1.97. The lowest BCUT2D eigenvalue weighted by Gasteiger charge is -2.12. The van der Waals surface area contributed by atoms with E-state index >= 15 is 0 Å². The third-order valence-electron chi connectivity index (χ3n) is 1.75. The number of rotatable bonds is 3. The van der Waals surface area contributed by atoms with Gasteiger partial charge in [0.25, 0.3) is 0 Å². The summed E-state index contributed by atoms with van der Waals surface area (Å²) in [5.41, 5.74) is 0.402. The summed E-state index contributed by atoms with van der Waals surface area (Å²) >= 11 is 6.45. The van der Waals surface area contributed by atoms with Crippen LogP contribution in [-0.4, -0.2) is 19.4 Å². The molecule has 0 saturated heterocycles. The van der Waals surface area contributed by atoms with E-state index in [0.29, 0.717) is 26.5 Å². The van der Waals surface area contributed by atoms with Crippen LogP contribution in [0.5, 0.6) is 11.5 Å². The molecular formula is C10H8Br2O4. The second-order valence-corrected chi connectivity index (χ2v) is 4.42. The van der Waals surface area contributed by atoms with Crippen molar-refractivity contribution in [2.75, 3.05) is 7.11 Å². The molecule has 1 aromatic carbocycles. The van der Waals surface area contributed by atoms with Crippen molar-refractivity contribution in [3.8, 4) is 11.5 Å². The van der Waals surface area contributed by atoms with E-state index in [4.69, 9.17) is 9.47 Å². The Morgan fingerprint density at radius 1 is 1.38 bits per heavy atom. The lowest BCUT2D eigenvalue weighted by molar-refractivity contribution is -0.132. The molecule has 0 radical (unpaired) electrons. The molecule has 6 heteroatoms. The summed E-state index contributed by atoms with van der Waals surface area (Å²) < 4.78 is 11.0. The first-order valence-electron chi connectivity index (χ1n) is 4.20. The summed E-state index contributed by atoms with van der Waals surface area (Å²) in [4.78, 5) is 21.7. The Labute approximate surface area is 109 Å². The highest BCUT2D eigenvalue weighted by molar-refractivity contribution is 9.13. The number of methoxy groups -OCH3 is 1. The zero-order valence-corrected chi connectivity index (χ0v) is 11.7. The third kappa shape index (κ3) is 2.62. The first kappa shape index (κ1) is 13.2. The van der Waals surface area contributed by atoms with E-state index in [-0.39, 0.29) is 5.75 Å². The van der Waals surface area contributed by atoms with Crippen molar-refractivity contribution < 1.29 is 19.1 Å². The van der Waals surface area contributed by atoms with Crippen molar-refractivity contribution in [3.63, 3.8) is 0 Å². The number of aldehydes is 1. The van der Waals surface area contributed by atoms with Gasteiger partial charge in [-0.25, -0.2) is 0 Å².